The summed E-state index contributed by atoms with van der Waals surface area (Å²) in [5, 5.41) is 9.17. The third-order valence-electron chi connectivity index (χ3n) is 3.78. The minimum Gasteiger partial charge on any atom is -0.497 e. The highest BCUT2D eigenvalue weighted by Crippen LogP contribution is 2.37. The number of methoxy groups -OCH3 is 1. The number of carboxylic acid groups (broad SMARTS) is 1. The number of benzene rings is 2. The number of imidazole rings is 1. The fourth-order valence-electron chi connectivity index (χ4n) is 2.48. The fraction of sp³-hybridized carbons (Fsp3) is 0.158. The second-order valence-electron chi connectivity index (χ2n) is 5.47. The molecule has 1 atom stereocenters. The predicted octanol–water partition coefficient (Wildman–Crippen LogP) is 4.12. The van der Waals surface area contributed by atoms with Gasteiger partial charge in [0.2, 0.25) is 0 Å². The predicted molar refractivity (Wildman–Crippen MR) is 97.2 cm³/mol. The largest absolute Gasteiger partial charge is 0.497 e. The number of aromatic nitrogens is 2. The summed E-state index contributed by atoms with van der Waals surface area (Å²) in [4.78, 5) is 16.1. The molecule has 0 bridgehead atoms. The van der Waals surface area contributed by atoms with Gasteiger partial charge in [-0.1, -0.05) is 12.1 Å². The molecule has 1 N–H and O–H groups in total. The number of carboxylic acids is 1. The van der Waals surface area contributed by atoms with E-state index in [4.69, 9.17) is 9.84 Å². The van der Waals surface area contributed by atoms with Crippen molar-refractivity contribution in [1.29, 1.82) is 0 Å². The van der Waals surface area contributed by atoms with Crippen molar-refractivity contribution < 1.29 is 14.6 Å². The molecule has 0 radical (unpaired) electrons. The summed E-state index contributed by atoms with van der Waals surface area (Å²) in [6.07, 6.45) is 5.48. The van der Waals surface area contributed by atoms with Crippen LogP contribution < -0.4 is 4.74 Å². The first-order chi connectivity index (χ1) is 12.2. The van der Waals surface area contributed by atoms with Gasteiger partial charge in [0.1, 0.15) is 5.75 Å². The number of carbonyl (C=O) groups is 1. The van der Waals surface area contributed by atoms with Crippen molar-refractivity contribution in [2.24, 2.45) is 0 Å². The summed E-state index contributed by atoms with van der Waals surface area (Å²) in [5.41, 5.74) is 1.43. The Hall–Kier alpha value is -2.73. The van der Waals surface area contributed by atoms with Crippen LogP contribution in [0.5, 0.6) is 5.75 Å². The van der Waals surface area contributed by atoms with E-state index in [1.807, 2.05) is 41.1 Å². The van der Waals surface area contributed by atoms with Gasteiger partial charge in [0, 0.05) is 23.8 Å². The first kappa shape index (κ1) is 17.1. The van der Waals surface area contributed by atoms with Crippen LogP contribution in [0.25, 0.3) is 0 Å². The van der Waals surface area contributed by atoms with Gasteiger partial charge < -0.3 is 14.4 Å². The number of hydrogen-bond donors (Lipinski definition) is 1. The van der Waals surface area contributed by atoms with Crippen LogP contribution in [0.3, 0.4) is 0 Å². The molecule has 0 aliphatic heterocycles. The Bertz CT molecular complexity index is 832. The zero-order valence-corrected chi connectivity index (χ0v) is 14.5. The molecule has 128 valence electrons. The van der Waals surface area contributed by atoms with Crippen LogP contribution in [0.2, 0.25) is 0 Å². The summed E-state index contributed by atoms with van der Waals surface area (Å²) >= 11 is 1.68. The lowest BCUT2D eigenvalue weighted by Gasteiger charge is -2.18. The van der Waals surface area contributed by atoms with Gasteiger partial charge in [-0.25, -0.2) is 9.78 Å². The Kier molecular flexibility index (Phi) is 5.40. The second-order valence-corrected chi connectivity index (χ2v) is 6.75. The van der Waals surface area contributed by atoms with Gasteiger partial charge in [-0.05, 0) is 42.0 Å². The first-order valence-corrected chi connectivity index (χ1v) is 8.63. The number of hydrogen-bond acceptors (Lipinski definition) is 4. The first-order valence-electron chi connectivity index (χ1n) is 7.75. The molecule has 1 heterocycles. The van der Waals surface area contributed by atoms with Gasteiger partial charge in [0.15, 0.2) is 0 Å². The highest BCUT2D eigenvalue weighted by Gasteiger charge is 2.15. The summed E-state index contributed by atoms with van der Waals surface area (Å²) in [5.74, 6) is -0.103. The van der Waals surface area contributed by atoms with Crippen LogP contribution in [0.1, 0.15) is 21.2 Å². The van der Waals surface area contributed by atoms with Crippen molar-refractivity contribution in [2.75, 3.05) is 7.11 Å². The summed E-state index contributed by atoms with van der Waals surface area (Å²) in [6.45, 7) is 0.749. The van der Waals surface area contributed by atoms with Crippen LogP contribution in [0, 0.1) is 0 Å². The summed E-state index contributed by atoms with van der Waals surface area (Å²) in [7, 11) is 1.65. The van der Waals surface area contributed by atoms with E-state index in [1.165, 1.54) is 0 Å². The number of aromatic carboxylic acids is 1. The number of rotatable bonds is 7. The molecule has 0 aliphatic carbocycles. The molecule has 25 heavy (non-hydrogen) atoms. The van der Waals surface area contributed by atoms with Gasteiger partial charge in [-0.15, -0.1) is 11.8 Å². The Morgan fingerprint density at radius 3 is 2.72 bits per heavy atom. The standard InChI is InChI=1S/C19H18N2O3S/c1-24-16-4-2-3-15(11-16)18(12-21-10-9-20-13-21)25-17-7-5-14(6-8-17)19(22)23/h2-11,13,18H,12H2,1H3,(H,22,23). The minimum absolute atomic E-state index is 0.139. The van der Waals surface area contributed by atoms with E-state index in [0.29, 0.717) is 0 Å². The normalized spacial score (nSPS) is 11.9. The summed E-state index contributed by atoms with van der Waals surface area (Å²) < 4.78 is 7.37. The molecule has 0 fully saturated rings. The third kappa shape index (κ3) is 4.42. The Labute approximate surface area is 150 Å². The van der Waals surface area contributed by atoms with Crippen molar-refractivity contribution in [2.45, 2.75) is 16.7 Å². The minimum atomic E-state index is -0.917. The lowest BCUT2D eigenvalue weighted by atomic mass is 10.1. The SMILES string of the molecule is COc1cccc(C(Cn2ccnc2)Sc2ccc(C(=O)O)cc2)c1. The zero-order chi connectivity index (χ0) is 17.6. The van der Waals surface area contributed by atoms with Gasteiger partial charge in [-0.2, -0.15) is 0 Å². The lowest BCUT2D eigenvalue weighted by Crippen LogP contribution is -2.05. The number of thioether (sulfide) groups is 1. The van der Waals surface area contributed by atoms with Crippen LogP contribution in [0.4, 0.5) is 0 Å². The van der Waals surface area contributed by atoms with Crippen molar-refractivity contribution in [3.8, 4) is 5.75 Å². The molecule has 1 aromatic heterocycles. The van der Waals surface area contributed by atoms with Gasteiger partial charge in [-0.3, -0.25) is 0 Å². The van der Waals surface area contributed by atoms with E-state index in [-0.39, 0.29) is 10.8 Å². The average Bonchev–Trinajstić information content (AvgIpc) is 3.15. The van der Waals surface area contributed by atoms with Crippen LogP contribution >= 0.6 is 11.8 Å². The van der Waals surface area contributed by atoms with Gasteiger partial charge in [0.05, 0.1) is 24.3 Å². The van der Waals surface area contributed by atoms with E-state index in [0.717, 1.165) is 22.8 Å². The number of ether oxygens (including phenoxy) is 1. The molecule has 0 spiro atoms. The third-order valence-corrected chi connectivity index (χ3v) is 5.03. The second kappa shape index (κ2) is 7.90. The molecule has 0 amide bonds. The van der Waals surface area contributed by atoms with Crippen molar-refractivity contribution >= 4 is 17.7 Å². The molecule has 0 saturated heterocycles. The lowest BCUT2D eigenvalue weighted by molar-refractivity contribution is 0.0697. The summed E-state index contributed by atoms with van der Waals surface area (Å²) in [6, 6.07) is 14.9. The quantitative estimate of drug-likeness (QED) is 0.647. The van der Waals surface area contributed by atoms with E-state index in [1.54, 1.807) is 43.5 Å². The van der Waals surface area contributed by atoms with E-state index in [9.17, 15) is 4.79 Å². The molecule has 0 aliphatic rings. The maximum absolute atomic E-state index is 11.0. The molecule has 1 unspecified atom stereocenters. The highest BCUT2D eigenvalue weighted by atomic mass is 32.2. The zero-order valence-electron chi connectivity index (χ0n) is 13.7. The topological polar surface area (TPSA) is 64.4 Å². The fourth-order valence-corrected chi connectivity index (χ4v) is 3.63. The molecular formula is C19H18N2O3S. The van der Waals surface area contributed by atoms with Crippen molar-refractivity contribution in [1.82, 2.24) is 9.55 Å². The Morgan fingerprint density at radius 2 is 2.08 bits per heavy atom. The highest BCUT2D eigenvalue weighted by molar-refractivity contribution is 7.99. The molecule has 0 saturated carbocycles. The average molecular weight is 354 g/mol. The molecule has 6 heteroatoms. The van der Waals surface area contributed by atoms with Gasteiger partial charge >= 0.3 is 5.97 Å². The van der Waals surface area contributed by atoms with Gasteiger partial charge in [0.25, 0.3) is 0 Å². The maximum Gasteiger partial charge on any atom is 0.335 e. The smallest absolute Gasteiger partial charge is 0.335 e. The van der Waals surface area contributed by atoms with Crippen LogP contribution in [0.15, 0.2) is 72.1 Å². The van der Waals surface area contributed by atoms with Crippen molar-refractivity contribution in [3.05, 3.63) is 78.4 Å². The van der Waals surface area contributed by atoms with Crippen LogP contribution in [-0.2, 0) is 6.54 Å². The van der Waals surface area contributed by atoms with E-state index in [2.05, 4.69) is 11.1 Å². The molecule has 2 aromatic carbocycles. The Morgan fingerprint density at radius 1 is 1.28 bits per heavy atom. The monoisotopic (exact) mass is 354 g/mol. The molecule has 3 aromatic rings. The van der Waals surface area contributed by atoms with E-state index >= 15 is 0 Å². The molecular weight excluding hydrogens is 336 g/mol. The van der Waals surface area contributed by atoms with Crippen molar-refractivity contribution in [3.63, 3.8) is 0 Å². The maximum atomic E-state index is 11.0. The van der Waals surface area contributed by atoms with E-state index < -0.39 is 5.97 Å². The molecule has 3 rings (SSSR count). The number of nitrogens with zero attached hydrogens (tertiary/aromatic N) is 2. The van der Waals surface area contributed by atoms with Crippen LogP contribution in [-0.4, -0.2) is 27.7 Å². The Balaban J connectivity index is 1.86. The molecule has 5 nitrogen and oxygen atoms in total.